The summed E-state index contributed by atoms with van der Waals surface area (Å²) >= 11 is 14.1. The Morgan fingerprint density at radius 1 is 1.26 bits per heavy atom. The number of halogens is 3. The van der Waals surface area contributed by atoms with Crippen molar-refractivity contribution in [1.82, 2.24) is 0 Å². The first kappa shape index (κ1) is 14.2. The van der Waals surface area contributed by atoms with E-state index in [1.807, 2.05) is 12.1 Å². The first-order chi connectivity index (χ1) is 8.97. The maximum absolute atomic E-state index is 13.7. The molecule has 0 aliphatic heterocycles. The van der Waals surface area contributed by atoms with Crippen LogP contribution in [-0.2, 0) is 0 Å². The van der Waals surface area contributed by atoms with Gasteiger partial charge in [-0.1, -0.05) is 39.7 Å². The zero-order valence-electron chi connectivity index (χ0n) is 9.58. The smallest absolute Gasteiger partial charge is 0.135 e. The number of rotatable bonds is 3. The molecular weight excluding hydrogens is 351 g/mol. The molecule has 0 saturated heterocycles. The van der Waals surface area contributed by atoms with E-state index < -0.39 is 5.82 Å². The average molecular weight is 360 g/mol. The Morgan fingerprint density at radius 3 is 2.63 bits per heavy atom. The molecule has 0 atom stereocenters. The molecule has 19 heavy (non-hydrogen) atoms. The summed E-state index contributed by atoms with van der Waals surface area (Å²) in [6.07, 6.45) is 0. The average Bonchev–Trinajstić information content (AvgIpc) is 2.33. The molecule has 0 bridgehead atoms. The van der Waals surface area contributed by atoms with Crippen LogP contribution in [0.5, 0.6) is 0 Å². The van der Waals surface area contributed by atoms with Crippen LogP contribution in [0.2, 0.25) is 5.02 Å². The number of nitrogens with one attached hydrogen (secondary N) is 1. The molecule has 2 aromatic carbocycles. The first-order valence-corrected chi connectivity index (χ1v) is 6.87. The summed E-state index contributed by atoms with van der Waals surface area (Å²) < 4.78 is 14.6. The summed E-state index contributed by atoms with van der Waals surface area (Å²) in [5.41, 5.74) is 6.87. The van der Waals surface area contributed by atoms with Gasteiger partial charge in [0.2, 0.25) is 0 Å². The van der Waals surface area contributed by atoms with Crippen molar-refractivity contribution < 1.29 is 4.39 Å². The van der Waals surface area contributed by atoms with Gasteiger partial charge in [0, 0.05) is 15.7 Å². The first-order valence-electron chi connectivity index (χ1n) is 5.29. The van der Waals surface area contributed by atoms with E-state index in [1.165, 1.54) is 12.1 Å². The van der Waals surface area contributed by atoms with Crippen LogP contribution in [0.1, 0.15) is 5.56 Å². The summed E-state index contributed by atoms with van der Waals surface area (Å²) in [6.45, 7) is 0. The summed E-state index contributed by atoms with van der Waals surface area (Å²) in [4.78, 5) is 0.0320. The van der Waals surface area contributed by atoms with Gasteiger partial charge >= 0.3 is 0 Å². The molecule has 0 radical (unpaired) electrons. The zero-order chi connectivity index (χ0) is 14.0. The Hall–Kier alpha value is -1.17. The van der Waals surface area contributed by atoms with Gasteiger partial charge in [0.05, 0.1) is 10.7 Å². The van der Waals surface area contributed by atoms with Gasteiger partial charge < -0.3 is 11.1 Å². The SMILES string of the molecule is NC(=S)c1ccc(Nc2cc(Br)ccc2Cl)cc1F. The summed E-state index contributed by atoms with van der Waals surface area (Å²) in [5.74, 6) is -0.469. The fourth-order valence-electron chi connectivity index (χ4n) is 1.54. The highest BCUT2D eigenvalue weighted by molar-refractivity contribution is 9.10. The van der Waals surface area contributed by atoms with Crippen LogP contribution in [0, 0.1) is 5.82 Å². The molecule has 3 N–H and O–H groups in total. The normalized spacial score (nSPS) is 10.3. The lowest BCUT2D eigenvalue weighted by molar-refractivity contribution is 0.626. The lowest BCUT2D eigenvalue weighted by atomic mass is 10.2. The molecule has 0 unspecified atom stereocenters. The van der Waals surface area contributed by atoms with Crippen LogP contribution in [0.25, 0.3) is 0 Å². The molecule has 0 amide bonds. The Bertz CT molecular complexity index is 649. The quantitative estimate of drug-likeness (QED) is 0.785. The van der Waals surface area contributed by atoms with E-state index in [2.05, 4.69) is 21.2 Å². The summed E-state index contributed by atoms with van der Waals surface area (Å²) in [5, 5.41) is 3.58. The Balaban J connectivity index is 2.31. The van der Waals surface area contributed by atoms with Gasteiger partial charge in [0.15, 0.2) is 0 Å². The van der Waals surface area contributed by atoms with E-state index in [0.29, 0.717) is 16.4 Å². The van der Waals surface area contributed by atoms with Crippen molar-refractivity contribution in [3.8, 4) is 0 Å². The maximum atomic E-state index is 13.7. The summed E-state index contributed by atoms with van der Waals surface area (Å²) in [6, 6.07) is 9.92. The second kappa shape index (κ2) is 5.86. The Labute approximate surface area is 128 Å². The van der Waals surface area contributed by atoms with Gasteiger partial charge in [-0.25, -0.2) is 4.39 Å². The Morgan fingerprint density at radius 2 is 2.00 bits per heavy atom. The molecule has 2 rings (SSSR count). The van der Waals surface area contributed by atoms with Crippen LogP contribution in [-0.4, -0.2) is 4.99 Å². The number of anilines is 2. The third kappa shape index (κ3) is 3.43. The van der Waals surface area contributed by atoms with E-state index in [1.54, 1.807) is 12.1 Å². The van der Waals surface area contributed by atoms with Gasteiger partial charge in [0.25, 0.3) is 0 Å². The van der Waals surface area contributed by atoms with E-state index in [4.69, 9.17) is 29.6 Å². The molecule has 98 valence electrons. The van der Waals surface area contributed by atoms with Crippen molar-refractivity contribution in [2.24, 2.45) is 5.73 Å². The van der Waals surface area contributed by atoms with Crippen molar-refractivity contribution in [3.05, 3.63) is 57.3 Å². The standard InChI is InChI=1S/C13H9BrClFN2S/c14-7-1-4-10(15)12(5-7)18-8-2-3-9(13(17)19)11(16)6-8/h1-6,18H,(H2,17,19). The molecule has 0 aliphatic carbocycles. The third-order valence-electron chi connectivity index (χ3n) is 2.44. The number of hydrogen-bond donors (Lipinski definition) is 2. The highest BCUT2D eigenvalue weighted by Gasteiger charge is 2.07. The monoisotopic (exact) mass is 358 g/mol. The molecule has 6 heteroatoms. The predicted molar refractivity (Wildman–Crippen MR) is 84.7 cm³/mol. The van der Waals surface area contributed by atoms with Crippen molar-refractivity contribution in [2.75, 3.05) is 5.32 Å². The maximum Gasteiger partial charge on any atom is 0.135 e. The van der Waals surface area contributed by atoms with Gasteiger partial charge in [-0.05, 0) is 36.4 Å². The topological polar surface area (TPSA) is 38.0 Å². The number of thiocarbonyl (C=S) groups is 1. The van der Waals surface area contributed by atoms with Crippen LogP contribution in [0.15, 0.2) is 40.9 Å². The van der Waals surface area contributed by atoms with Crippen molar-refractivity contribution in [1.29, 1.82) is 0 Å². The molecule has 0 aliphatic rings. The van der Waals surface area contributed by atoms with Crippen LogP contribution in [0.4, 0.5) is 15.8 Å². The second-order valence-corrected chi connectivity index (χ2v) is 5.57. The molecule has 0 aromatic heterocycles. The van der Waals surface area contributed by atoms with Crippen LogP contribution < -0.4 is 11.1 Å². The summed E-state index contributed by atoms with van der Waals surface area (Å²) in [7, 11) is 0. The zero-order valence-corrected chi connectivity index (χ0v) is 12.7. The molecular formula is C13H9BrClFN2S. The van der Waals surface area contributed by atoms with Gasteiger partial charge in [-0.3, -0.25) is 0 Å². The number of hydrogen-bond acceptors (Lipinski definition) is 2. The van der Waals surface area contributed by atoms with Gasteiger partial charge in [-0.2, -0.15) is 0 Å². The van der Waals surface area contributed by atoms with Gasteiger partial charge in [-0.15, -0.1) is 0 Å². The van der Waals surface area contributed by atoms with Crippen LogP contribution >= 0.6 is 39.7 Å². The van der Waals surface area contributed by atoms with E-state index in [-0.39, 0.29) is 10.6 Å². The molecule has 2 nitrogen and oxygen atoms in total. The van der Waals surface area contributed by atoms with Crippen molar-refractivity contribution in [3.63, 3.8) is 0 Å². The molecule has 0 saturated carbocycles. The molecule has 0 heterocycles. The van der Waals surface area contributed by atoms with Gasteiger partial charge in [0.1, 0.15) is 10.8 Å². The lowest BCUT2D eigenvalue weighted by Crippen LogP contribution is -2.11. The predicted octanol–water partition coefficient (Wildman–Crippen LogP) is 4.62. The van der Waals surface area contributed by atoms with Crippen LogP contribution in [0.3, 0.4) is 0 Å². The minimum absolute atomic E-state index is 0.0320. The minimum Gasteiger partial charge on any atom is -0.389 e. The Kier molecular flexibility index (Phi) is 4.39. The fourth-order valence-corrected chi connectivity index (χ4v) is 2.23. The number of benzene rings is 2. The largest absolute Gasteiger partial charge is 0.389 e. The van der Waals surface area contributed by atoms with E-state index >= 15 is 0 Å². The highest BCUT2D eigenvalue weighted by atomic mass is 79.9. The highest BCUT2D eigenvalue weighted by Crippen LogP contribution is 2.29. The van der Waals surface area contributed by atoms with Crippen molar-refractivity contribution >= 4 is 56.1 Å². The van der Waals surface area contributed by atoms with E-state index in [9.17, 15) is 4.39 Å². The molecule has 0 fully saturated rings. The van der Waals surface area contributed by atoms with Crippen molar-refractivity contribution in [2.45, 2.75) is 0 Å². The van der Waals surface area contributed by atoms with E-state index in [0.717, 1.165) is 4.47 Å². The molecule has 0 spiro atoms. The lowest BCUT2D eigenvalue weighted by Gasteiger charge is -2.10. The fraction of sp³-hybridized carbons (Fsp3) is 0. The second-order valence-electron chi connectivity index (χ2n) is 3.81. The molecule has 2 aromatic rings. The minimum atomic E-state index is -0.469. The number of nitrogens with two attached hydrogens (primary N) is 1. The third-order valence-corrected chi connectivity index (χ3v) is 3.48.